The van der Waals surface area contributed by atoms with Crippen molar-refractivity contribution in [3.05, 3.63) is 29.8 Å². The largest absolute Gasteiger partial charge is 0.508 e. The lowest BCUT2D eigenvalue weighted by Gasteiger charge is -2.20. The zero-order chi connectivity index (χ0) is 14.5. The highest BCUT2D eigenvalue weighted by atomic mass is 16.6. The van der Waals surface area contributed by atoms with Gasteiger partial charge in [0, 0.05) is 6.54 Å². The molecule has 1 aromatic rings. The molecule has 0 bridgehead atoms. The number of ether oxygens (including phenoxy) is 1. The second-order valence-corrected chi connectivity index (χ2v) is 5.68. The average molecular weight is 265 g/mol. The van der Waals surface area contributed by atoms with E-state index < -0.39 is 11.7 Å². The first-order valence-corrected chi connectivity index (χ1v) is 6.54. The third-order valence-electron chi connectivity index (χ3n) is 2.71. The fraction of sp³-hybridized carbons (Fsp3) is 0.533. The van der Waals surface area contributed by atoms with E-state index in [4.69, 9.17) is 4.74 Å². The summed E-state index contributed by atoms with van der Waals surface area (Å²) < 4.78 is 5.15. The fourth-order valence-corrected chi connectivity index (χ4v) is 1.76. The second-order valence-electron chi connectivity index (χ2n) is 5.68. The molecule has 1 amide bonds. The number of phenolic OH excluding ortho intramolecular Hbond substituents is 1. The first-order chi connectivity index (χ1) is 8.79. The second kappa shape index (κ2) is 6.45. The third kappa shape index (κ3) is 5.64. The van der Waals surface area contributed by atoms with Crippen molar-refractivity contribution >= 4 is 6.09 Å². The Morgan fingerprint density at radius 3 is 2.58 bits per heavy atom. The van der Waals surface area contributed by atoms with Crippen LogP contribution in [0, 0.1) is 0 Å². The van der Waals surface area contributed by atoms with Gasteiger partial charge in [0.1, 0.15) is 11.4 Å². The number of phenols is 1. The Labute approximate surface area is 114 Å². The van der Waals surface area contributed by atoms with Crippen molar-refractivity contribution in [2.75, 3.05) is 6.54 Å². The molecule has 106 valence electrons. The first-order valence-electron chi connectivity index (χ1n) is 6.54. The number of amides is 1. The number of hydrogen-bond donors (Lipinski definition) is 2. The van der Waals surface area contributed by atoms with Gasteiger partial charge in [-0.3, -0.25) is 0 Å². The Morgan fingerprint density at radius 2 is 2.00 bits per heavy atom. The minimum Gasteiger partial charge on any atom is -0.508 e. The molecule has 0 aliphatic rings. The van der Waals surface area contributed by atoms with Crippen LogP contribution in [0.4, 0.5) is 4.79 Å². The van der Waals surface area contributed by atoms with Crippen LogP contribution in [0.3, 0.4) is 0 Å². The molecule has 0 spiro atoms. The number of benzene rings is 1. The van der Waals surface area contributed by atoms with E-state index in [-0.39, 0.29) is 5.92 Å². The molecular weight excluding hydrogens is 242 g/mol. The van der Waals surface area contributed by atoms with E-state index >= 15 is 0 Å². The van der Waals surface area contributed by atoms with Crippen LogP contribution in [-0.4, -0.2) is 23.3 Å². The summed E-state index contributed by atoms with van der Waals surface area (Å²) >= 11 is 0. The van der Waals surface area contributed by atoms with Gasteiger partial charge in [0.25, 0.3) is 0 Å². The van der Waals surface area contributed by atoms with E-state index in [1.54, 1.807) is 12.1 Å². The first kappa shape index (κ1) is 15.3. The number of para-hydroxylation sites is 1. The zero-order valence-corrected chi connectivity index (χ0v) is 12.1. The van der Waals surface area contributed by atoms with Crippen LogP contribution in [0.5, 0.6) is 5.75 Å². The van der Waals surface area contributed by atoms with Gasteiger partial charge in [-0.2, -0.15) is 0 Å². The number of aromatic hydroxyl groups is 1. The van der Waals surface area contributed by atoms with Crippen molar-refractivity contribution in [1.82, 2.24) is 5.32 Å². The summed E-state index contributed by atoms with van der Waals surface area (Å²) in [7, 11) is 0. The van der Waals surface area contributed by atoms with Crippen molar-refractivity contribution in [2.24, 2.45) is 0 Å². The minimum atomic E-state index is -0.479. The molecule has 4 heteroatoms. The number of carbonyl (C=O) groups excluding carboxylic acids is 1. The molecular formula is C15H23NO3. The van der Waals surface area contributed by atoms with Gasteiger partial charge in [-0.1, -0.05) is 25.1 Å². The van der Waals surface area contributed by atoms with E-state index in [1.807, 2.05) is 39.8 Å². The number of rotatable bonds is 4. The van der Waals surface area contributed by atoms with Crippen LogP contribution in [0.1, 0.15) is 45.6 Å². The number of hydrogen-bond acceptors (Lipinski definition) is 3. The van der Waals surface area contributed by atoms with Crippen LogP contribution in [0.25, 0.3) is 0 Å². The average Bonchev–Trinajstić information content (AvgIpc) is 2.26. The van der Waals surface area contributed by atoms with E-state index in [0.717, 1.165) is 12.0 Å². The SMILES string of the molecule is CC(CCNC(=O)OC(C)(C)C)c1ccccc1O. The predicted molar refractivity (Wildman–Crippen MR) is 75.4 cm³/mol. The van der Waals surface area contributed by atoms with Gasteiger partial charge in [0.05, 0.1) is 0 Å². The highest BCUT2D eigenvalue weighted by molar-refractivity contribution is 5.67. The van der Waals surface area contributed by atoms with E-state index in [1.165, 1.54) is 0 Å². The monoisotopic (exact) mass is 265 g/mol. The molecule has 0 radical (unpaired) electrons. The fourth-order valence-electron chi connectivity index (χ4n) is 1.76. The summed E-state index contributed by atoms with van der Waals surface area (Å²) in [5, 5.41) is 12.4. The highest BCUT2D eigenvalue weighted by Crippen LogP contribution is 2.26. The molecule has 1 rings (SSSR count). The molecule has 0 fully saturated rings. The topological polar surface area (TPSA) is 58.6 Å². The Balaban J connectivity index is 2.38. The van der Waals surface area contributed by atoms with Gasteiger partial charge < -0.3 is 15.2 Å². The van der Waals surface area contributed by atoms with E-state index in [9.17, 15) is 9.90 Å². The zero-order valence-electron chi connectivity index (χ0n) is 12.1. The Bertz CT molecular complexity index is 424. The molecule has 4 nitrogen and oxygen atoms in total. The Morgan fingerprint density at radius 1 is 1.37 bits per heavy atom. The minimum absolute atomic E-state index is 0.177. The molecule has 0 saturated heterocycles. The van der Waals surface area contributed by atoms with Crippen LogP contribution in [0.2, 0.25) is 0 Å². The van der Waals surface area contributed by atoms with Crippen LogP contribution in [0.15, 0.2) is 24.3 Å². The maximum absolute atomic E-state index is 11.5. The normalized spacial score (nSPS) is 12.8. The van der Waals surface area contributed by atoms with Gasteiger partial charge in [-0.25, -0.2) is 4.79 Å². The molecule has 19 heavy (non-hydrogen) atoms. The summed E-state index contributed by atoms with van der Waals surface area (Å²) in [6.45, 7) is 8.03. The van der Waals surface area contributed by atoms with Gasteiger partial charge in [-0.05, 0) is 44.7 Å². The summed E-state index contributed by atoms with van der Waals surface area (Å²) in [5.41, 5.74) is 0.418. The predicted octanol–water partition coefficient (Wildman–Crippen LogP) is 3.41. The summed E-state index contributed by atoms with van der Waals surface area (Å²) in [6, 6.07) is 7.26. The van der Waals surface area contributed by atoms with Gasteiger partial charge >= 0.3 is 6.09 Å². The van der Waals surface area contributed by atoms with Crippen molar-refractivity contribution in [1.29, 1.82) is 0 Å². The molecule has 1 aromatic carbocycles. The quantitative estimate of drug-likeness (QED) is 0.877. The molecule has 0 aliphatic carbocycles. The van der Waals surface area contributed by atoms with Gasteiger partial charge in [-0.15, -0.1) is 0 Å². The number of alkyl carbamates (subject to hydrolysis) is 1. The molecule has 0 heterocycles. The Hall–Kier alpha value is -1.71. The highest BCUT2D eigenvalue weighted by Gasteiger charge is 2.16. The molecule has 0 saturated carbocycles. The summed E-state index contributed by atoms with van der Waals surface area (Å²) in [5.74, 6) is 0.475. The molecule has 0 aromatic heterocycles. The molecule has 0 aliphatic heterocycles. The third-order valence-corrected chi connectivity index (χ3v) is 2.71. The van der Waals surface area contributed by atoms with Crippen molar-refractivity contribution < 1.29 is 14.6 Å². The lowest BCUT2D eigenvalue weighted by Crippen LogP contribution is -2.33. The van der Waals surface area contributed by atoms with Crippen molar-refractivity contribution in [2.45, 2.75) is 45.6 Å². The van der Waals surface area contributed by atoms with Crippen molar-refractivity contribution in [3.63, 3.8) is 0 Å². The van der Waals surface area contributed by atoms with Crippen molar-refractivity contribution in [3.8, 4) is 5.75 Å². The molecule has 2 N–H and O–H groups in total. The van der Waals surface area contributed by atoms with Crippen LogP contribution >= 0.6 is 0 Å². The molecule has 1 atom stereocenters. The van der Waals surface area contributed by atoms with Gasteiger partial charge in [0.15, 0.2) is 0 Å². The lowest BCUT2D eigenvalue weighted by molar-refractivity contribution is 0.0526. The smallest absolute Gasteiger partial charge is 0.407 e. The van der Waals surface area contributed by atoms with Gasteiger partial charge in [0.2, 0.25) is 0 Å². The van der Waals surface area contributed by atoms with Crippen LogP contribution < -0.4 is 5.32 Å². The van der Waals surface area contributed by atoms with E-state index in [2.05, 4.69) is 5.32 Å². The summed E-state index contributed by atoms with van der Waals surface area (Å²) in [6.07, 6.45) is 0.341. The lowest BCUT2D eigenvalue weighted by atomic mass is 9.97. The standard InChI is InChI=1S/C15H23NO3/c1-11(12-7-5-6-8-13(12)17)9-10-16-14(18)19-15(2,3)4/h5-8,11,17H,9-10H2,1-4H3,(H,16,18). The Kier molecular flexibility index (Phi) is 5.21. The van der Waals surface area contributed by atoms with E-state index in [0.29, 0.717) is 12.3 Å². The number of nitrogens with one attached hydrogen (secondary N) is 1. The molecule has 1 unspecified atom stereocenters. The number of carbonyl (C=O) groups is 1. The maximum Gasteiger partial charge on any atom is 0.407 e. The summed E-state index contributed by atoms with van der Waals surface area (Å²) in [4.78, 5) is 11.5. The maximum atomic E-state index is 11.5. The van der Waals surface area contributed by atoms with Crippen LogP contribution in [-0.2, 0) is 4.74 Å².